The molecule has 0 spiro atoms. The van der Waals surface area contributed by atoms with Gasteiger partial charge in [-0.2, -0.15) is 0 Å². The van der Waals surface area contributed by atoms with Crippen LogP contribution in [0.4, 0.5) is 0 Å². The second-order valence-corrected chi connectivity index (χ2v) is 4.81. The minimum atomic E-state index is -0.925. The summed E-state index contributed by atoms with van der Waals surface area (Å²) in [5.74, 6) is -0.876. The Morgan fingerprint density at radius 2 is 1.90 bits per heavy atom. The van der Waals surface area contributed by atoms with E-state index in [1.54, 1.807) is 24.3 Å². The molecule has 3 N–H and O–H groups in total. The minimum absolute atomic E-state index is 0.0491. The molecule has 0 saturated carbocycles. The molecule has 20 heavy (non-hydrogen) atoms. The molecule has 0 heterocycles. The normalized spacial score (nSPS) is 11.9. The van der Waals surface area contributed by atoms with Crippen molar-refractivity contribution in [1.82, 2.24) is 10.6 Å². The summed E-state index contributed by atoms with van der Waals surface area (Å²) in [4.78, 5) is 22.2. The Kier molecular flexibility index (Phi) is 6.73. The Hall–Kier alpha value is -1.88. The maximum absolute atomic E-state index is 11.5. The van der Waals surface area contributed by atoms with Gasteiger partial charge in [-0.25, -0.2) is 4.79 Å². The van der Waals surface area contributed by atoms with Gasteiger partial charge < -0.3 is 15.7 Å². The highest BCUT2D eigenvalue weighted by molar-refractivity contribution is 5.87. The van der Waals surface area contributed by atoms with E-state index in [0.29, 0.717) is 19.5 Å². The van der Waals surface area contributed by atoms with Crippen LogP contribution < -0.4 is 10.6 Å². The zero-order valence-corrected chi connectivity index (χ0v) is 12.0. The van der Waals surface area contributed by atoms with E-state index in [-0.39, 0.29) is 17.5 Å². The number of aromatic carboxylic acids is 1. The lowest BCUT2D eigenvalue weighted by Gasteiger charge is -2.11. The first-order chi connectivity index (χ1) is 9.52. The quantitative estimate of drug-likeness (QED) is 0.633. The molecule has 0 aliphatic carbocycles. The molecule has 1 unspecified atom stereocenters. The molecule has 5 heteroatoms. The number of rotatable bonds is 8. The summed E-state index contributed by atoms with van der Waals surface area (Å²) in [6, 6.07) is 6.92. The third kappa shape index (κ3) is 5.84. The summed E-state index contributed by atoms with van der Waals surface area (Å²) in [6.07, 6.45) is 1.37. The molecule has 1 aromatic rings. The van der Waals surface area contributed by atoms with Crippen molar-refractivity contribution in [3.05, 3.63) is 35.4 Å². The Balaban J connectivity index is 2.24. The van der Waals surface area contributed by atoms with E-state index in [1.165, 1.54) is 0 Å². The van der Waals surface area contributed by atoms with Crippen LogP contribution in [-0.4, -0.2) is 29.6 Å². The molecular formula is C15H22N2O3. The van der Waals surface area contributed by atoms with Crippen molar-refractivity contribution in [3.8, 4) is 0 Å². The maximum Gasteiger partial charge on any atom is 0.335 e. The fourth-order valence-electron chi connectivity index (χ4n) is 1.65. The van der Waals surface area contributed by atoms with E-state index in [0.717, 1.165) is 12.0 Å². The van der Waals surface area contributed by atoms with Gasteiger partial charge in [0.1, 0.15) is 0 Å². The lowest BCUT2D eigenvalue weighted by atomic mass is 10.1. The highest BCUT2D eigenvalue weighted by Gasteiger charge is 2.05. The summed E-state index contributed by atoms with van der Waals surface area (Å²) < 4.78 is 0. The van der Waals surface area contributed by atoms with Crippen molar-refractivity contribution in [2.75, 3.05) is 6.54 Å². The molecule has 5 nitrogen and oxygen atoms in total. The predicted octanol–water partition coefficient (Wildman–Crippen LogP) is 1.78. The first-order valence-corrected chi connectivity index (χ1v) is 6.85. The number of carboxylic acid groups (broad SMARTS) is 1. The lowest BCUT2D eigenvalue weighted by molar-refractivity contribution is -0.121. The molecule has 1 aromatic carbocycles. The topological polar surface area (TPSA) is 78.4 Å². The van der Waals surface area contributed by atoms with E-state index >= 15 is 0 Å². The number of amides is 1. The van der Waals surface area contributed by atoms with Gasteiger partial charge in [0.25, 0.3) is 0 Å². The molecule has 0 bridgehead atoms. The summed E-state index contributed by atoms with van der Waals surface area (Å²) >= 11 is 0. The standard InChI is InChI=1S/C15H22N2O3/c1-3-11(2)17-14(18)8-9-16-10-12-4-6-13(7-5-12)15(19)20/h4-7,11,16H,3,8-10H2,1-2H3,(H,17,18)(H,19,20). The second kappa shape index (κ2) is 8.32. The number of nitrogens with one attached hydrogen (secondary N) is 2. The van der Waals surface area contributed by atoms with E-state index in [1.807, 2.05) is 13.8 Å². The minimum Gasteiger partial charge on any atom is -0.478 e. The third-order valence-electron chi connectivity index (χ3n) is 3.08. The van der Waals surface area contributed by atoms with E-state index in [2.05, 4.69) is 10.6 Å². The van der Waals surface area contributed by atoms with Gasteiger partial charge in [-0.1, -0.05) is 19.1 Å². The van der Waals surface area contributed by atoms with Crippen LogP contribution in [0.5, 0.6) is 0 Å². The largest absolute Gasteiger partial charge is 0.478 e. The molecule has 0 fully saturated rings. The number of hydrogen-bond acceptors (Lipinski definition) is 3. The smallest absolute Gasteiger partial charge is 0.335 e. The van der Waals surface area contributed by atoms with Crippen molar-refractivity contribution in [3.63, 3.8) is 0 Å². The van der Waals surface area contributed by atoms with Gasteiger partial charge in [0.2, 0.25) is 5.91 Å². The van der Waals surface area contributed by atoms with Crippen LogP contribution in [0.2, 0.25) is 0 Å². The molecule has 0 aliphatic heterocycles. The molecular weight excluding hydrogens is 256 g/mol. The summed E-state index contributed by atoms with van der Waals surface area (Å²) in [6.45, 7) is 5.23. The van der Waals surface area contributed by atoms with Crippen LogP contribution in [0.3, 0.4) is 0 Å². The van der Waals surface area contributed by atoms with Crippen LogP contribution in [0.25, 0.3) is 0 Å². The van der Waals surface area contributed by atoms with Gasteiger partial charge in [-0.15, -0.1) is 0 Å². The molecule has 1 rings (SSSR count). The Labute approximate surface area is 119 Å². The first kappa shape index (κ1) is 16.2. The van der Waals surface area contributed by atoms with Crippen LogP contribution in [0.15, 0.2) is 24.3 Å². The van der Waals surface area contributed by atoms with Crippen LogP contribution in [0.1, 0.15) is 42.6 Å². The van der Waals surface area contributed by atoms with Gasteiger partial charge in [0.15, 0.2) is 0 Å². The molecule has 1 amide bonds. The molecule has 0 radical (unpaired) electrons. The average Bonchev–Trinajstić information content (AvgIpc) is 2.44. The monoisotopic (exact) mass is 278 g/mol. The predicted molar refractivity (Wildman–Crippen MR) is 77.6 cm³/mol. The molecule has 1 atom stereocenters. The van der Waals surface area contributed by atoms with E-state index < -0.39 is 5.97 Å². The fourth-order valence-corrected chi connectivity index (χ4v) is 1.65. The van der Waals surface area contributed by atoms with Gasteiger partial charge in [-0.05, 0) is 31.0 Å². The SMILES string of the molecule is CCC(C)NC(=O)CCNCc1ccc(C(=O)O)cc1. The van der Waals surface area contributed by atoms with Crippen molar-refractivity contribution in [1.29, 1.82) is 0 Å². The molecule has 110 valence electrons. The second-order valence-electron chi connectivity index (χ2n) is 4.81. The van der Waals surface area contributed by atoms with E-state index in [9.17, 15) is 9.59 Å². The number of carboxylic acids is 1. The molecule has 0 saturated heterocycles. The zero-order valence-electron chi connectivity index (χ0n) is 12.0. The van der Waals surface area contributed by atoms with E-state index in [4.69, 9.17) is 5.11 Å². The van der Waals surface area contributed by atoms with Gasteiger partial charge in [-0.3, -0.25) is 4.79 Å². The summed E-state index contributed by atoms with van der Waals surface area (Å²) in [5.41, 5.74) is 1.28. The van der Waals surface area contributed by atoms with Gasteiger partial charge >= 0.3 is 5.97 Å². The number of carbonyl (C=O) groups excluding carboxylic acids is 1. The van der Waals surface area contributed by atoms with Gasteiger partial charge in [0.05, 0.1) is 5.56 Å². The number of hydrogen-bond donors (Lipinski definition) is 3. The van der Waals surface area contributed by atoms with Crippen molar-refractivity contribution in [2.45, 2.75) is 39.3 Å². The fraction of sp³-hybridized carbons (Fsp3) is 0.467. The van der Waals surface area contributed by atoms with Crippen LogP contribution in [-0.2, 0) is 11.3 Å². The molecule has 0 aliphatic rings. The highest BCUT2D eigenvalue weighted by atomic mass is 16.4. The van der Waals surface area contributed by atoms with Crippen molar-refractivity contribution >= 4 is 11.9 Å². The summed E-state index contributed by atoms with van der Waals surface area (Å²) in [7, 11) is 0. The van der Waals surface area contributed by atoms with Crippen molar-refractivity contribution < 1.29 is 14.7 Å². The third-order valence-corrected chi connectivity index (χ3v) is 3.08. The highest BCUT2D eigenvalue weighted by Crippen LogP contribution is 2.04. The average molecular weight is 278 g/mol. The maximum atomic E-state index is 11.5. The first-order valence-electron chi connectivity index (χ1n) is 6.85. The zero-order chi connectivity index (χ0) is 15.0. The van der Waals surface area contributed by atoms with Gasteiger partial charge in [0, 0.05) is 25.6 Å². The Bertz CT molecular complexity index is 443. The number of benzene rings is 1. The summed E-state index contributed by atoms with van der Waals surface area (Å²) in [5, 5.41) is 14.9. The van der Waals surface area contributed by atoms with Crippen LogP contribution in [0, 0.1) is 0 Å². The Morgan fingerprint density at radius 1 is 1.25 bits per heavy atom. The lowest BCUT2D eigenvalue weighted by Crippen LogP contribution is -2.33. The van der Waals surface area contributed by atoms with Crippen molar-refractivity contribution in [2.24, 2.45) is 0 Å². The van der Waals surface area contributed by atoms with Crippen LogP contribution >= 0.6 is 0 Å². The Morgan fingerprint density at radius 3 is 2.45 bits per heavy atom. The number of carbonyl (C=O) groups is 2. The molecule has 0 aromatic heterocycles.